The third kappa shape index (κ3) is 4.38. The smallest absolute Gasteiger partial charge is 0.163 e. The summed E-state index contributed by atoms with van der Waals surface area (Å²) in [6.07, 6.45) is 5.66. The second-order valence-corrected chi connectivity index (χ2v) is 9.28. The lowest BCUT2D eigenvalue weighted by atomic mass is 9.66. The topological polar surface area (TPSA) is 70.8 Å². The van der Waals surface area contributed by atoms with Gasteiger partial charge in [0.2, 0.25) is 0 Å². The van der Waals surface area contributed by atoms with Crippen LogP contribution >= 0.6 is 0 Å². The largest absolute Gasteiger partial charge is 0.341 e. The molecule has 0 spiro atoms. The number of nitrogens with zero attached hydrogens (tertiary/aromatic N) is 3. The summed E-state index contributed by atoms with van der Waals surface area (Å²) in [5, 5.41) is 0. The Labute approximate surface area is 190 Å². The lowest BCUT2D eigenvalue weighted by Gasteiger charge is -2.35. The summed E-state index contributed by atoms with van der Waals surface area (Å²) in [6.45, 7) is 2.58. The highest BCUT2D eigenvalue weighted by Gasteiger charge is 2.28. The van der Waals surface area contributed by atoms with E-state index in [0.29, 0.717) is 6.04 Å². The molecular formula is C21H32B5N5. The fourth-order valence-corrected chi connectivity index (χ4v) is 5.05. The highest BCUT2D eigenvalue weighted by atomic mass is 15.2. The third-order valence-electron chi connectivity index (χ3n) is 7.25. The van der Waals surface area contributed by atoms with Crippen molar-refractivity contribution in [3.8, 4) is 0 Å². The molecule has 3 N–H and O–H groups in total. The predicted octanol–water partition coefficient (Wildman–Crippen LogP) is -5.13. The quantitative estimate of drug-likeness (QED) is 0.303. The number of rotatable bonds is 7. The van der Waals surface area contributed by atoms with Gasteiger partial charge in [-0.25, -0.2) is 4.98 Å². The van der Waals surface area contributed by atoms with E-state index in [2.05, 4.69) is 61.2 Å². The molecule has 2 aromatic heterocycles. The van der Waals surface area contributed by atoms with Crippen molar-refractivity contribution in [2.75, 3.05) is 13.1 Å². The molecule has 10 heteroatoms. The Hall–Kier alpha value is -1.92. The summed E-state index contributed by atoms with van der Waals surface area (Å²) in [6, 6.07) is 4.77. The van der Waals surface area contributed by atoms with Crippen molar-refractivity contribution in [1.29, 1.82) is 0 Å². The summed E-state index contributed by atoms with van der Waals surface area (Å²) in [5.41, 5.74) is 17.2. The van der Waals surface area contributed by atoms with E-state index in [1.807, 2.05) is 0 Å². The van der Waals surface area contributed by atoms with Gasteiger partial charge in [0.05, 0.1) is 29.3 Å². The SMILES string of the molecule is Bc1ccc2c(n1)[C@@H](N(CCCCN)Cc1nc3c(B)c(B)c(B)c(B)c3[nH]1)CCC2. The van der Waals surface area contributed by atoms with Gasteiger partial charge in [-0.3, -0.25) is 9.88 Å². The van der Waals surface area contributed by atoms with Gasteiger partial charge in [0.25, 0.3) is 0 Å². The number of aromatic amines is 1. The zero-order valence-electron chi connectivity index (χ0n) is 19.8. The van der Waals surface area contributed by atoms with Gasteiger partial charge in [0.1, 0.15) is 37.2 Å². The molecule has 2 heterocycles. The molecular weight excluding hydrogens is 376 g/mol. The van der Waals surface area contributed by atoms with E-state index in [4.69, 9.17) is 15.7 Å². The van der Waals surface area contributed by atoms with Crippen molar-refractivity contribution in [3.63, 3.8) is 0 Å². The molecule has 5 nitrogen and oxygen atoms in total. The summed E-state index contributed by atoms with van der Waals surface area (Å²) >= 11 is 0. The van der Waals surface area contributed by atoms with Crippen molar-refractivity contribution < 1.29 is 0 Å². The molecule has 3 aromatic rings. The lowest BCUT2D eigenvalue weighted by molar-refractivity contribution is 0.160. The number of H-pyrrole nitrogens is 1. The lowest BCUT2D eigenvalue weighted by Crippen LogP contribution is -2.47. The fraction of sp³-hybridized carbons (Fsp3) is 0.429. The van der Waals surface area contributed by atoms with Gasteiger partial charge in [-0.15, -0.1) is 0 Å². The molecule has 0 aliphatic heterocycles. The van der Waals surface area contributed by atoms with Crippen LogP contribution in [0.1, 0.15) is 48.8 Å². The van der Waals surface area contributed by atoms with Crippen molar-refractivity contribution in [1.82, 2.24) is 19.9 Å². The molecule has 0 bridgehead atoms. The normalized spacial score (nSPS) is 16.1. The Bertz CT molecular complexity index is 1050. The monoisotopic (exact) mass is 409 g/mol. The standard InChI is InChI=1S/C21H32B5N5/c22-13-7-6-11-4-3-5-12(19(11)28-13)31(9-2-1-8-27)10-14-29-20-17(25)15(23)16(24)18(26)21(20)30-14/h6-7,12H,1-5,8-10,22-27H2,(H,29,30)/t12-/m0/s1. The van der Waals surface area contributed by atoms with E-state index in [1.165, 1.54) is 45.0 Å². The average molecular weight is 409 g/mol. The van der Waals surface area contributed by atoms with Crippen LogP contribution in [0.3, 0.4) is 0 Å². The van der Waals surface area contributed by atoms with E-state index in [9.17, 15) is 0 Å². The first kappa shape index (κ1) is 22.3. The van der Waals surface area contributed by atoms with Crippen LogP contribution in [0.5, 0.6) is 0 Å². The number of aromatic nitrogens is 3. The Morgan fingerprint density at radius 3 is 2.55 bits per heavy atom. The Morgan fingerprint density at radius 1 is 1.00 bits per heavy atom. The number of nitrogens with two attached hydrogens (primary N) is 1. The summed E-state index contributed by atoms with van der Waals surface area (Å²) in [7, 11) is 10.9. The number of unbranched alkanes of at least 4 members (excludes halogenated alkanes) is 1. The fourth-order valence-electron chi connectivity index (χ4n) is 5.05. The van der Waals surface area contributed by atoms with E-state index in [0.717, 1.165) is 62.3 Å². The minimum absolute atomic E-state index is 0.348. The minimum atomic E-state index is 0.348. The average Bonchev–Trinajstić information content (AvgIpc) is 3.19. The van der Waals surface area contributed by atoms with Crippen LogP contribution in [0, 0.1) is 0 Å². The molecule has 4 rings (SSSR count). The molecule has 0 saturated carbocycles. The highest BCUT2D eigenvalue weighted by molar-refractivity contribution is 6.66. The minimum Gasteiger partial charge on any atom is -0.341 e. The van der Waals surface area contributed by atoms with Crippen molar-refractivity contribution in [2.45, 2.75) is 44.7 Å². The number of hydrogen-bond acceptors (Lipinski definition) is 4. The second-order valence-electron chi connectivity index (χ2n) is 9.28. The summed E-state index contributed by atoms with van der Waals surface area (Å²) in [5.74, 6) is 1.05. The van der Waals surface area contributed by atoms with Crippen molar-refractivity contribution in [2.24, 2.45) is 5.73 Å². The second kappa shape index (κ2) is 9.29. The number of benzene rings is 1. The Morgan fingerprint density at radius 2 is 1.77 bits per heavy atom. The number of aryl methyl sites for hydroxylation is 1. The molecule has 0 radical (unpaired) electrons. The van der Waals surface area contributed by atoms with Gasteiger partial charge in [0.15, 0.2) is 7.85 Å². The Balaban J connectivity index is 1.69. The van der Waals surface area contributed by atoms with E-state index < -0.39 is 0 Å². The number of imidazole rings is 1. The molecule has 31 heavy (non-hydrogen) atoms. The highest BCUT2D eigenvalue weighted by Crippen LogP contribution is 2.33. The molecule has 0 amide bonds. The molecule has 1 aliphatic carbocycles. The maximum absolute atomic E-state index is 5.81. The van der Waals surface area contributed by atoms with Gasteiger partial charge in [-0.05, 0) is 56.4 Å². The first-order chi connectivity index (χ1) is 14.9. The van der Waals surface area contributed by atoms with Crippen LogP contribution in [0.25, 0.3) is 11.0 Å². The zero-order chi connectivity index (χ0) is 22.1. The maximum atomic E-state index is 5.81. The summed E-state index contributed by atoms with van der Waals surface area (Å²) < 4.78 is 0. The van der Waals surface area contributed by atoms with Gasteiger partial charge >= 0.3 is 0 Å². The third-order valence-corrected chi connectivity index (χ3v) is 7.25. The zero-order valence-corrected chi connectivity index (χ0v) is 19.8. The van der Waals surface area contributed by atoms with Gasteiger partial charge in [-0.1, -0.05) is 34.0 Å². The molecule has 1 aromatic carbocycles. The molecule has 0 fully saturated rings. The van der Waals surface area contributed by atoms with Gasteiger partial charge < -0.3 is 10.7 Å². The molecule has 1 aliphatic rings. The first-order valence-electron chi connectivity index (χ1n) is 11.8. The van der Waals surface area contributed by atoms with E-state index in [1.54, 1.807) is 0 Å². The van der Waals surface area contributed by atoms with E-state index in [-0.39, 0.29) is 0 Å². The van der Waals surface area contributed by atoms with Gasteiger partial charge in [-0.2, -0.15) is 0 Å². The van der Waals surface area contributed by atoms with Crippen LogP contribution < -0.4 is 33.2 Å². The molecule has 1 atom stereocenters. The number of hydrogen-bond donors (Lipinski definition) is 2. The van der Waals surface area contributed by atoms with Crippen LogP contribution in [0.2, 0.25) is 0 Å². The van der Waals surface area contributed by atoms with Crippen LogP contribution in [-0.4, -0.2) is 72.2 Å². The van der Waals surface area contributed by atoms with Gasteiger partial charge in [0, 0.05) is 0 Å². The predicted molar refractivity (Wildman–Crippen MR) is 146 cm³/mol. The molecule has 156 valence electrons. The number of nitrogens with one attached hydrogen (secondary N) is 1. The maximum Gasteiger partial charge on any atom is 0.163 e. The number of pyridine rings is 1. The van der Waals surface area contributed by atoms with Crippen molar-refractivity contribution >= 4 is 77.7 Å². The summed E-state index contributed by atoms with van der Waals surface area (Å²) in [4.78, 5) is 16.3. The molecule has 0 saturated heterocycles. The van der Waals surface area contributed by atoms with Crippen molar-refractivity contribution in [3.05, 3.63) is 29.2 Å². The molecule has 0 unspecified atom stereocenters. The first-order valence-corrected chi connectivity index (χ1v) is 11.8. The number of fused-ring (bicyclic) bond motifs is 2. The van der Waals surface area contributed by atoms with Crippen LogP contribution in [-0.2, 0) is 13.0 Å². The van der Waals surface area contributed by atoms with Crippen LogP contribution in [0.15, 0.2) is 12.1 Å². The van der Waals surface area contributed by atoms with E-state index >= 15 is 0 Å². The Kier molecular flexibility index (Phi) is 6.68. The van der Waals surface area contributed by atoms with Crippen LogP contribution in [0.4, 0.5) is 0 Å².